The highest BCUT2D eigenvalue weighted by Crippen LogP contribution is 2.29. The molecule has 2 rings (SSSR count). The zero-order valence-electron chi connectivity index (χ0n) is 10.2. The van der Waals surface area contributed by atoms with Crippen LogP contribution in [0.3, 0.4) is 0 Å². The Kier molecular flexibility index (Phi) is 3.92. The van der Waals surface area contributed by atoms with E-state index in [4.69, 9.17) is 0 Å². The maximum atomic E-state index is 12.4. The van der Waals surface area contributed by atoms with E-state index in [0.717, 1.165) is 12.1 Å². The Hall–Kier alpha value is -2.51. The fraction of sp³-hybridized carbons (Fsp3) is 0.167. The number of carbonyl (C=O) groups excluding carboxylic acids is 1. The van der Waals surface area contributed by atoms with Crippen LogP contribution in [0.1, 0.15) is 11.3 Å². The molecule has 1 aromatic carbocycles. The molecule has 0 aliphatic carbocycles. The molecule has 0 aliphatic heterocycles. The number of benzene rings is 1. The number of nitrogens with one attached hydrogen (secondary N) is 3. The van der Waals surface area contributed by atoms with Crippen LogP contribution >= 0.6 is 0 Å². The number of H-pyrrole nitrogens is 1. The van der Waals surface area contributed by atoms with Crippen molar-refractivity contribution >= 4 is 11.7 Å². The number of aromatic amines is 1. The summed E-state index contributed by atoms with van der Waals surface area (Å²) in [5, 5.41) is 4.97. The number of imidazole rings is 1. The summed E-state index contributed by atoms with van der Waals surface area (Å²) in [6.07, 6.45) is -1.36. The average molecular weight is 284 g/mol. The number of anilines is 1. The fourth-order valence-electron chi connectivity index (χ4n) is 1.47. The van der Waals surface area contributed by atoms with Crippen LogP contribution in [0.2, 0.25) is 0 Å². The Bertz CT molecular complexity index is 563. The van der Waals surface area contributed by atoms with Crippen molar-refractivity contribution in [2.24, 2.45) is 0 Å². The van der Waals surface area contributed by atoms with Gasteiger partial charge < -0.3 is 15.6 Å². The lowest BCUT2D eigenvalue weighted by molar-refractivity contribution is -0.137. The van der Waals surface area contributed by atoms with Gasteiger partial charge in [0.1, 0.15) is 0 Å². The summed E-state index contributed by atoms with van der Waals surface area (Å²) < 4.78 is 37.1. The van der Waals surface area contributed by atoms with Crippen molar-refractivity contribution in [1.29, 1.82) is 0 Å². The van der Waals surface area contributed by atoms with Crippen molar-refractivity contribution in [3.63, 3.8) is 0 Å². The maximum absolute atomic E-state index is 12.4. The van der Waals surface area contributed by atoms with Gasteiger partial charge in [0, 0.05) is 11.9 Å². The van der Waals surface area contributed by atoms with Crippen molar-refractivity contribution in [3.05, 3.63) is 48.0 Å². The SMILES string of the molecule is O=C(NCc1cnc[nH]1)Nc1ccc(C(F)(F)F)cc1. The molecule has 0 bridgehead atoms. The van der Waals surface area contributed by atoms with E-state index in [9.17, 15) is 18.0 Å². The largest absolute Gasteiger partial charge is 0.416 e. The molecule has 8 heteroatoms. The van der Waals surface area contributed by atoms with Crippen molar-refractivity contribution in [2.75, 3.05) is 5.32 Å². The summed E-state index contributed by atoms with van der Waals surface area (Å²) in [6.45, 7) is 0.243. The predicted molar refractivity (Wildman–Crippen MR) is 65.9 cm³/mol. The number of carbonyl (C=O) groups is 1. The molecule has 0 unspecified atom stereocenters. The molecule has 2 aromatic rings. The lowest BCUT2D eigenvalue weighted by Gasteiger charge is -2.09. The minimum Gasteiger partial charge on any atom is -0.347 e. The summed E-state index contributed by atoms with van der Waals surface area (Å²) >= 11 is 0. The summed E-state index contributed by atoms with van der Waals surface area (Å²) in [5.41, 5.74) is 0.230. The van der Waals surface area contributed by atoms with E-state index in [1.165, 1.54) is 18.5 Å². The smallest absolute Gasteiger partial charge is 0.347 e. The zero-order valence-corrected chi connectivity index (χ0v) is 10.2. The molecule has 0 fully saturated rings. The van der Waals surface area contributed by atoms with E-state index in [1.807, 2.05) is 0 Å². The highest BCUT2D eigenvalue weighted by atomic mass is 19.4. The second-order valence-electron chi connectivity index (χ2n) is 3.96. The van der Waals surface area contributed by atoms with Gasteiger partial charge in [-0.3, -0.25) is 0 Å². The van der Waals surface area contributed by atoms with E-state index in [1.54, 1.807) is 6.20 Å². The standard InChI is InChI=1S/C12H11F3N4O/c13-12(14,15)8-1-3-9(4-2-8)19-11(20)17-6-10-5-16-7-18-10/h1-5,7H,6H2,(H,16,18)(H2,17,19,20). The summed E-state index contributed by atoms with van der Waals surface area (Å²) in [4.78, 5) is 18.1. The Morgan fingerprint density at radius 3 is 2.50 bits per heavy atom. The molecule has 0 saturated heterocycles. The Morgan fingerprint density at radius 2 is 1.95 bits per heavy atom. The number of hydrogen-bond donors (Lipinski definition) is 3. The second-order valence-corrected chi connectivity index (χ2v) is 3.96. The van der Waals surface area contributed by atoms with Gasteiger partial charge in [-0.25, -0.2) is 9.78 Å². The number of halogens is 3. The Morgan fingerprint density at radius 1 is 1.25 bits per heavy atom. The second kappa shape index (κ2) is 5.64. The molecule has 1 heterocycles. The highest BCUT2D eigenvalue weighted by Gasteiger charge is 2.29. The topological polar surface area (TPSA) is 69.8 Å². The van der Waals surface area contributed by atoms with Crippen molar-refractivity contribution in [1.82, 2.24) is 15.3 Å². The van der Waals surface area contributed by atoms with Gasteiger partial charge in [-0.15, -0.1) is 0 Å². The van der Waals surface area contributed by atoms with Crippen molar-refractivity contribution in [3.8, 4) is 0 Å². The minimum atomic E-state index is -4.39. The first-order valence-corrected chi connectivity index (χ1v) is 5.64. The number of rotatable bonds is 3. The molecule has 0 atom stereocenters. The van der Waals surface area contributed by atoms with Crippen LogP contribution in [-0.4, -0.2) is 16.0 Å². The molecule has 5 nitrogen and oxygen atoms in total. The van der Waals surface area contributed by atoms with Gasteiger partial charge >= 0.3 is 12.2 Å². The molecule has 106 valence electrons. The minimum absolute atomic E-state index is 0.243. The number of hydrogen-bond acceptors (Lipinski definition) is 2. The molecule has 0 aliphatic rings. The van der Waals surface area contributed by atoms with Gasteiger partial charge in [0.15, 0.2) is 0 Å². The molecule has 1 aromatic heterocycles. The van der Waals surface area contributed by atoms with Gasteiger partial charge in [0.25, 0.3) is 0 Å². The normalized spacial score (nSPS) is 11.2. The maximum Gasteiger partial charge on any atom is 0.416 e. The van der Waals surface area contributed by atoms with E-state index in [0.29, 0.717) is 5.69 Å². The van der Waals surface area contributed by atoms with Crippen molar-refractivity contribution in [2.45, 2.75) is 12.7 Å². The third kappa shape index (κ3) is 3.74. The molecule has 0 saturated carbocycles. The first kappa shape index (κ1) is 13.9. The van der Waals surface area contributed by atoms with Crippen LogP contribution in [-0.2, 0) is 12.7 Å². The Balaban J connectivity index is 1.88. The lowest BCUT2D eigenvalue weighted by atomic mass is 10.2. The molecule has 2 amide bonds. The summed E-state index contributed by atoms with van der Waals surface area (Å²) in [6, 6.07) is 3.69. The molecule has 0 spiro atoms. The lowest BCUT2D eigenvalue weighted by Crippen LogP contribution is -2.28. The third-order valence-electron chi connectivity index (χ3n) is 2.46. The van der Waals surface area contributed by atoms with Crippen LogP contribution < -0.4 is 10.6 Å². The molecular formula is C12H11F3N4O. The van der Waals surface area contributed by atoms with E-state index >= 15 is 0 Å². The predicted octanol–water partition coefficient (Wildman–Crippen LogP) is 2.75. The fourth-order valence-corrected chi connectivity index (χ4v) is 1.47. The molecule has 0 radical (unpaired) electrons. The third-order valence-corrected chi connectivity index (χ3v) is 2.46. The van der Waals surface area contributed by atoms with Crippen molar-refractivity contribution < 1.29 is 18.0 Å². The monoisotopic (exact) mass is 284 g/mol. The van der Waals surface area contributed by atoms with Gasteiger partial charge in [-0.1, -0.05) is 0 Å². The van der Waals surface area contributed by atoms with Crippen LogP contribution in [0.15, 0.2) is 36.8 Å². The summed E-state index contributed by atoms with van der Waals surface area (Å²) in [7, 11) is 0. The number of urea groups is 1. The van der Waals surface area contributed by atoms with Gasteiger partial charge in [-0.05, 0) is 24.3 Å². The van der Waals surface area contributed by atoms with Crippen LogP contribution in [0.4, 0.5) is 23.7 Å². The highest BCUT2D eigenvalue weighted by molar-refractivity contribution is 5.89. The van der Waals surface area contributed by atoms with Crippen LogP contribution in [0.5, 0.6) is 0 Å². The van der Waals surface area contributed by atoms with Gasteiger partial charge in [0.2, 0.25) is 0 Å². The van der Waals surface area contributed by atoms with Gasteiger partial charge in [-0.2, -0.15) is 13.2 Å². The Labute approximate surface area is 112 Å². The van der Waals surface area contributed by atoms with Crippen LogP contribution in [0.25, 0.3) is 0 Å². The quantitative estimate of drug-likeness (QED) is 0.811. The van der Waals surface area contributed by atoms with E-state index in [-0.39, 0.29) is 12.2 Å². The number of aromatic nitrogens is 2. The zero-order chi connectivity index (χ0) is 14.6. The van der Waals surface area contributed by atoms with Crippen LogP contribution in [0, 0.1) is 0 Å². The number of amides is 2. The number of alkyl halides is 3. The first-order valence-electron chi connectivity index (χ1n) is 5.64. The van der Waals surface area contributed by atoms with E-state index in [2.05, 4.69) is 20.6 Å². The average Bonchev–Trinajstić information content (AvgIpc) is 2.89. The van der Waals surface area contributed by atoms with Gasteiger partial charge in [0.05, 0.1) is 24.1 Å². The molecular weight excluding hydrogens is 273 g/mol. The molecule has 20 heavy (non-hydrogen) atoms. The first-order chi connectivity index (χ1) is 9.45. The molecule has 3 N–H and O–H groups in total. The summed E-state index contributed by atoms with van der Waals surface area (Å²) in [5.74, 6) is 0. The van der Waals surface area contributed by atoms with E-state index < -0.39 is 17.8 Å². The number of nitrogens with zero attached hydrogens (tertiary/aromatic N) is 1.